The van der Waals surface area contributed by atoms with Crippen molar-refractivity contribution in [3.8, 4) is 0 Å². The molecular formula is C23H23NO4. The Labute approximate surface area is 163 Å². The van der Waals surface area contributed by atoms with E-state index in [-0.39, 0.29) is 17.9 Å². The van der Waals surface area contributed by atoms with Crippen LogP contribution in [-0.4, -0.2) is 25.2 Å². The minimum atomic E-state index is -0.412. The maximum Gasteiger partial charge on any atom is 0.338 e. The number of carbonyl (C=O) groups excluding carboxylic acids is 1. The Kier molecular flexibility index (Phi) is 5.15. The van der Waals surface area contributed by atoms with E-state index in [2.05, 4.69) is 0 Å². The van der Waals surface area contributed by atoms with Crippen LogP contribution in [0.2, 0.25) is 0 Å². The molecule has 1 aliphatic rings. The highest BCUT2D eigenvalue weighted by atomic mass is 16.5. The molecule has 2 heterocycles. The lowest BCUT2D eigenvalue weighted by molar-refractivity contribution is -0.145. The maximum atomic E-state index is 12.8. The van der Waals surface area contributed by atoms with Gasteiger partial charge in [-0.3, -0.25) is 0 Å². The van der Waals surface area contributed by atoms with E-state index in [4.69, 9.17) is 9.15 Å². The molecule has 0 saturated carbocycles. The van der Waals surface area contributed by atoms with Gasteiger partial charge in [0.05, 0.1) is 12.3 Å². The summed E-state index contributed by atoms with van der Waals surface area (Å²) in [5, 5.41) is 0.833. The molecule has 1 unspecified atom stereocenters. The molecule has 0 amide bonds. The number of hydrogen-bond donors (Lipinski definition) is 0. The summed E-state index contributed by atoms with van der Waals surface area (Å²) < 4.78 is 10.9. The summed E-state index contributed by atoms with van der Waals surface area (Å²) in [7, 11) is 0. The molecule has 1 aromatic heterocycles. The Morgan fingerprint density at radius 3 is 2.75 bits per heavy atom. The SMILES string of the molecule is CC(COC(=O)[C@@H]1CCCN1c1cc(=O)oc2ccccc12)c1ccccc1. The van der Waals surface area contributed by atoms with Crippen molar-refractivity contribution in [1.82, 2.24) is 0 Å². The van der Waals surface area contributed by atoms with Crippen LogP contribution in [0.15, 0.2) is 69.9 Å². The van der Waals surface area contributed by atoms with Crippen molar-refractivity contribution < 1.29 is 13.9 Å². The van der Waals surface area contributed by atoms with Crippen LogP contribution in [0.25, 0.3) is 11.0 Å². The monoisotopic (exact) mass is 377 g/mol. The molecule has 5 heteroatoms. The number of rotatable bonds is 5. The second-order valence-electron chi connectivity index (χ2n) is 7.24. The van der Waals surface area contributed by atoms with Crippen molar-refractivity contribution in [1.29, 1.82) is 0 Å². The van der Waals surface area contributed by atoms with Crippen LogP contribution in [0.4, 0.5) is 5.69 Å². The van der Waals surface area contributed by atoms with Crippen molar-refractivity contribution in [3.05, 3.63) is 76.6 Å². The molecule has 144 valence electrons. The van der Waals surface area contributed by atoms with E-state index < -0.39 is 5.63 Å². The molecule has 0 radical (unpaired) electrons. The fraction of sp³-hybridized carbons (Fsp3) is 0.304. The van der Waals surface area contributed by atoms with E-state index in [0.29, 0.717) is 25.2 Å². The standard InChI is InChI=1S/C23H23NO4/c1-16(17-8-3-2-4-9-17)15-27-23(26)19-11-7-13-24(19)20-14-22(25)28-21-12-6-5-10-18(20)21/h2-6,8-10,12,14,16,19H,7,11,13,15H2,1H3/t16?,19-/m0/s1. The molecule has 3 aromatic rings. The predicted octanol–water partition coefficient (Wildman–Crippen LogP) is 4.11. The number of carbonyl (C=O) groups is 1. The molecular weight excluding hydrogens is 354 g/mol. The van der Waals surface area contributed by atoms with Crippen LogP contribution in [-0.2, 0) is 9.53 Å². The molecule has 0 spiro atoms. The second-order valence-corrected chi connectivity index (χ2v) is 7.24. The first kappa shape index (κ1) is 18.3. The zero-order valence-corrected chi connectivity index (χ0v) is 15.8. The zero-order valence-electron chi connectivity index (χ0n) is 15.8. The summed E-state index contributed by atoms with van der Waals surface area (Å²) in [5.74, 6) is -0.109. The van der Waals surface area contributed by atoms with Gasteiger partial charge in [-0.15, -0.1) is 0 Å². The Hall–Kier alpha value is -3.08. The van der Waals surface area contributed by atoms with Crippen molar-refractivity contribution >= 4 is 22.6 Å². The molecule has 28 heavy (non-hydrogen) atoms. The van der Waals surface area contributed by atoms with Gasteiger partial charge < -0.3 is 14.1 Å². The summed E-state index contributed by atoms with van der Waals surface area (Å²) in [5.41, 5.74) is 2.00. The number of ether oxygens (including phenoxy) is 1. The Balaban J connectivity index is 1.52. The number of esters is 1. The van der Waals surface area contributed by atoms with Gasteiger partial charge in [-0.2, -0.15) is 0 Å². The molecule has 0 N–H and O–H groups in total. The quantitative estimate of drug-likeness (QED) is 0.495. The van der Waals surface area contributed by atoms with Crippen molar-refractivity contribution in [2.75, 3.05) is 18.1 Å². The Morgan fingerprint density at radius 2 is 1.93 bits per heavy atom. The fourth-order valence-electron chi connectivity index (χ4n) is 3.81. The normalized spacial score (nSPS) is 17.6. The molecule has 1 saturated heterocycles. The third-order valence-electron chi connectivity index (χ3n) is 5.31. The van der Waals surface area contributed by atoms with E-state index in [1.807, 2.05) is 60.4 Å². The lowest BCUT2D eigenvalue weighted by Crippen LogP contribution is -2.38. The summed E-state index contributed by atoms with van der Waals surface area (Å²) in [6, 6.07) is 18.5. The smallest absolute Gasteiger partial charge is 0.338 e. The molecule has 0 aliphatic carbocycles. The highest BCUT2D eigenvalue weighted by Crippen LogP contribution is 2.31. The summed E-state index contributed by atoms with van der Waals surface area (Å²) in [6.07, 6.45) is 1.59. The number of para-hydroxylation sites is 1. The van der Waals surface area contributed by atoms with E-state index in [1.54, 1.807) is 6.07 Å². The molecule has 1 fully saturated rings. The third-order valence-corrected chi connectivity index (χ3v) is 5.31. The fourth-order valence-corrected chi connectivity index (χ4v) is 3.81. The first-order valence-electron chi connectivity index (χ1n) is 9.64. The van der Waals surface area contributed by atoms with Gasteiger partial charge in [0.25, 0.3) is 0 Å². The van der Waals surface area contributed by atoms with E-state index in [0.717, 1.165) is 23.1 Å². The van der Waals surface area contributed by atoms with Crippen LogP contribution in [0, 0.1) is 0 Å². The van der Waals surface area contributed by atoms with Gasteiger partial charge in [0, 0.05) is 23.9 Å². The van der Waals surface area contributed by atoms with E-state index in [1.165, 1.54) is 6.07 Å². The predicted molar refractivity (Wildman–Crippen MR) is 109 cm³/mol. The minimum Gasteiger partial charge on any atom is -0.464 e. The summed E-state index contributed by atoms with van der Waals surface area (Å²) in [6.45, 7) is 3.09. The average molecular weight is 377 g/mol. The highest BCUT2D eigenvalue weighted by Gasteiger charge is 2.33. The topological polar surface area (TPSA) is 59.8 Å². The van der Waals surface area contributed by atoms with Crippen molar-refractivity contribution in [2.45, 2.75) is 31.7 Å². The van der Waals surface area contributed by atoms with Gasteiger partial charge >= 0.3 is 11.6 Å². The number of fused-ring (bicyclic) bond motifs is 1. The lowest BCUT2D eigenvalue weighted by atomic mass is 10.0. The number of nitrogens with zero attached hydrogens (tertiary/aromatic N) is 1. The first-order valence-corrected chi connectivity index (χ1v) is 9.64. The van der Waals surface area contributed by atoms with Crippen molar-refractivity contribution in [3.63, 3.8) is 0 Å². The Morgan fingerprint density at radius 1 is 1.18 bits per heavy atom. The van der Waals surface area contributed by atoms with Crippen molar-refractivity contribution in [2.24, 2.45) is 0 Å². The molecule has 1 aliphatic heterocycles. The minimum absolute atomic E-state index is 0.129. The largest absolute Gasteiger partial charge is 0.464 e. The molecule has 0 bridgehead atoms. The summed E-state index contributed by atoms with van der Waals surface area (Å²) in [4.78, 5) is 26.8. The van der Waals surface area contributed by atoms with Gasteiger partial charge in [-0.1, -0.05) is 49.4 Å². The summed E-state index contributed by atoms with van der Waals surface area (Å²) >= 11 is 0. The van der Waals surface area contributed by atoms with Gasteiger partial charge in [-0.05, 0) is 30.5 Å². The van der Waals surface area contributed by atoms with E-state index in [9.17, 15) is 9.59 Å². The lowest BCUT2D eigenvalue weighted by Gasteiger charge is -2.26. The zero-order chi connectivity index (χ0) is 19.5. The van der Waals surface area contributed by atoms with E-state index >= 15 is 0 Å². The number of anilines is 1. The first-order chi connectivity index (χ1) is 13.6. The Bertz CT molecular complexity index is 1030. The second kappa shape index (κ2) is 7.89. The van der Waals surface area contributed by atoms with Crippen LogP contribution in [0.1, 0.15) is 31.2 Å². The molecule has 5 nitrogen and oxygen atoms in total. The van der Waals surface area contributed by atoms with Gasteiger partial charge in [-0.25, -0.2) is 9.59 Å². The third kappa shape index (κ3) is 3.65. The van der Waals surface area contributed by atoms with Gasteiger partial charge in [0.1, 0.15) is 11.6 Å². The van der Waals surface area contributed by atoms with Crippen LogP contribution in [0.5, 0.6) is 0 Å². The molecule has 4 rings (SSSR count). The number of hydrogen-bond acceptors (Lipinski definition) is 5. The van der Waals surface area contributed by atoms with Crippen LogP contribution in [0.3, 0.4) is 0 Å². The van der Waals surface area contributed by atoms with Crippen LogP contribution >= 0.6 is 0 Å². The van der Waals surface area contributed by atoms with Gasteiger partial charge in [0.15, 0.2) is 0 Å². The number of benzene rings is 2. The average Bonchev–Trinajstić information content (AvgIpc) is 3.21. The van der Waals surface area contributed by atoms with Crippen LogP contribution < -0.4 is 10.5 Å². The molecule has 2 aromatic carbocycles. The highest BCUT2D eigenvalue weighted by molar-refractivity contribution is 5.93. The molecule has 2 atom stereocenters. The maximum absolute atomic E-state index is 12.8. The van der Waals surface area contributed by atoms with Gasteiger partial charge in [0.2, 0.25) is 0 Å².